The van der Waals surface area contributed by atoms with Crippen molar-refractivity contribution in [3.8, 4) is 5.75 Å². The number of rotatable bonds is 8. The van der Waals surface area contributed by atoms with Crippen LogP contribution in [0.5, 0.6) is 5.75 Å². The Bertz CT molecular complexity index is 1040. The van der Waals surface area contributed by atoms with E-state index < -0.39 is 39.5 Å². The number of amides is 2. The smallest absolute Gasteiger partial charge is 0.404 e. The van der Waals surface area contributed by atoms with E-state index in [1.54, 1.807) is 0 Å². The largest absolute Gasteiger partial charge is 0.573 e. The van der Waals surface area contributed by atoms with E-state index in [0.717, 1.165) is 16.4 Å². The van der Waals surface area contributed by atoms with Crippen molar-refractivity contribution in [3.63, 3.8) is 0 Å². The highest BCUT2D eigenvalue weighted by atomic mass is 32.2. The normalized spacial score (nSPS) is 11.8. The van der Waals surface area contributed by atoms with E-state index in [1.807, 2.05) is 0 Å². The highest BCUT2D eigenvalue weighted by molar-refractivity contribution is 7.89. The minimum absolute atomic E-state index is 0.169. The lowest BCUT2D eigenvalue weighted by molar-refractivity contribution is -0.275. The molecule has 0 aliphatic rings. The van der Waals surface area contributed by atoms with Crippen molar-refractivity contribution in [1.29, 1.82) is 0 Å². The summed E-state index contributed by atoms with van der Waals surface area (Å²) in [5, 5.41) is 5.05. The zero-order chi connectivity index (χ0) is 23.2. The molecule has 0 fully saturated rings. The Morgan fingerprint density at radius 1 is 1.00 bits per heavy atom. The molecule has 0 saturated heterocycles. The summed E-state index contributed by atoms with van der Waals surface area (Å²) < 4.78 is 68.1. The lowest BCUT2D eigenvalue weighted by Gasteiger charge is -2.22. The van der Waals surface area contributed by atoms with Gasteiger partial charge < -0.3 is 15.4 Å². The Labute approximate surface area is 177 Å². The summed E-state index contributed by atoms with van der Waals surface area (Å²) in [6.45, 7) is 1.98. The fraction of sp³-hybridized carbons (Fsp3) is 0.263. The molecule has 2 rings (SSSR count). The van der Waals surface area contributed by atoms with E-state index in [2.05, 4.69) is 15.4 Å². The molecule has 0 saturated carbocycles. The molecular formula is C19H20F3N3O5S. The summed E-state index contributed by atoms with van der Waals surface area (Å²) in [4.78, 5) is 22.7. The standard InChI is InChI=1S/C19H20F3N3O5S/c1-3-25(12-18(27)24-15-10-8-14(9-11-15)23-13(2)26)31(28,29)17-7-5-4-6-16(17)30-19(20,21)22/h4-11H,3,12H2,1-2H3,(H,23,26)(H,24,27). The van der Waals surface area contributed by atoms with Gasteiger partial charge in [0.05, 0.1) is 6.54 Å². The quantitative estimate of drug-likeness (QED) is 0.631. The summed E-state index contributed by atoms with van der Waals surface area (Å²) in [5.74, 6) is -1.86. The summed E-state index contributed by atoms with van der Waals surface area (Å²) in [6, 6.07) is 10.4. The van der Waals surface area contributed by atoms with Gasteiger partial charge in [0, 0.05) is 24.8 Å². The Kier molecular flexibility index (Phi) is 7.63. The van der Waals surface area contributed by atoms with Gasteiger partial charge in [-0.05, 0) is 36.4 Å². The molecule has 2 amide bonds. The minimum atomic E-state index is -5.08. The predicted molar refractivity (Wildman–Crippen MR) is 107 cm³/mol. The van der Waals surface area contributed by atoms with Crippen molar-refractivity contribution in [2.24, 2.45) is 0 Å². The fourth-order valence-electron chi connectivity index (χ4n) is 2.58. The second-order valence-electron chi connectivity index (χ2n) is 6.23. The highest BCUT2D eigenvalue weighted by Gasteiger charge is 2.35. The fourth-order valence-corrected chi connectivity index (χ4v) is 4.10. The number of alkyl halides is 3. The molecule has 0 atom stereocenters. The molecule has 12 heteroatoms. The van der Waals surface area contributed by atoms with E-state index in [-0.39, 0.29) is 12.5 Å². The van der Waals surface area contributed by atoms with Crippen molar-refractivity contribution >= 4 is 33.2 Å². The van der Waals surface area contributed by atoms with Gasteiger partial charge >= 0.3 is 6.36 Å². The third-order valence-corrected chi connectivity index (χ3v) is 5.81. The van der Waals surface area contributed by atoms with Crippen LogP contribution in [0.25, 0.3) is 0 Å². The van der Waals surface area contributed by atoms with Gasteiger partial charge in [0.25, 0.3) is 0 Å². The number of likely N-dealkylation sites (N-methyl/N-ethyl adjacent to an activating group) is 1. The van der Waals surface area contributed by atoms with Gasteiger partial charge in [0.15, 0.2) is 0 Å². The van der Waals surface area contributed by atoms with Gasteiger partial charge in [-0.25, -0.2) is 8.42 Å². The molecule has 0 aliphatic heterocycles. The minimum Gasteiger partial charge on any atom is -0.404 e. The van der Waals surface area contributed by atoms with Crippen LogP contribution in [0.4, 0.5) is 24.5 Å². The maximum Gasteiger partial charge on any atom is 0.573 e. The van der Waals surface area contributed by atoms with Crippen LogP contribution in [0.3, 0.4) is 0 Å². The van der Waals surface area contributed by atoms with Gasteiger partial charge in [-0.3, -0.25) is 9.59 Å². The number of benzene rings is 2. The Morgan fingerprint density at radius 3 is 2.06 bits per heavy atom. The molecule has 0 aromatic heterocycles. The molecule has 0 radical (unpaired) electrons. The SMILES string of the molecule is CCN(CC(=O)Nc1ccc(NC(C)=O)cc1)S(=O)(=O)c1ccccc1OC(F)(F)F. The topological polar surface area (TPSA) is 105 Å². The number of carbonyl (C=O) groups is 2. The number of para-hydroxylation sites is 1. The third kappa shape index (κ3) is 6.96. The van der Waals surface area contributed by atoms with E-state index in [0.29, 0.717) is 11.4 Å². The van der Waals surface area contributed by atoms with E-state index in [4.69, 9.17) is 0 Å². The van der Waals surface area contributed by atoms with Gasteiger partial charge in [0.2, 0.25) is 21.8 Å². The molecule has 2 aromatic rings. The van der Waals surface area contributed by atoms with Crippen molar-refractivity contribution in [2.45, 2.75) is 25.1 Å². The first-order valence-electron chi connectivity index (χ1n) is 8.95. The molecule has 2 aromatic carbocycles. The van der Waals surface area contributed by atoms with Gasteiger partial charge in [-0.15, -0.1) is 13.2 Å². The number of hydrogen-bond donors (Lipinski definition) is 2. The van der Waals surface area contributed by atoms with Crippen LogP contribution in [-0.4, -0.2) is 44.0 Å². The molecule has 31 heavy (non-hydrogen) atoms. The maximum atomic E-state index is 12.9. The van der Waals surface area contributed by atoms with E-state index in [9.17, 15) is 31.2 Å². The number of ether oxygens (including phenoxy) is 1. The number of anilines is 2. The Morgan fingerprint density at radius 2 is 1.55 bits per heavy atom. The summed E-state index contributed by atoms with van der Waals surface area (Å²) in [7, 11) is -4.46. The first kappa shape index (κ1) is 24.2. The number of carbonyl (C=O) groups excluding carboxylic acids is 2. The van der Waals surface area contributed by atoms with Crippen molar-refractivity contribution in [2.75, 3.05) is 23.7 Å². The van der Waals surface area contributed by atoms with Crippen molar-refractivity contribution in [3.05, 3.63) is 48.5 Å². The number of nitrogens with one attached hydrogen (secondary N) is 2. The summed E-state index contributed by atoms with van der Waals surface area (Å²) in [5.41, 5.74) is 0.845. The van der Waals surface area contributed by atoms with Gasteiger partial charge in [-0.2, -0.15) is 4.31 Å². The van der Waals surface area contributed by atoms with E-state index in [1.165, 1.54) is 50.2 Å². The zero-order valence-electron chi connectivity index (χ0n) is 16.6. The Hall–Kier alpha value is -3.12. The first-order valence-corrected chi connectivity index (χ1v) is 10.4. The molecule has 168 valence electrons. The second-order valence-corrected chi connectivity index (χ2v) is 8.14. The summed E-state index contributed by atoms with van der Waals surface area (Å²) >= 11 is 0. The molecule has 0 spiro atoms. The lowest BCUT2D eigenvalue weighted by atomic mass is 10.2. The van der Waals surface area contributed by atoms with Crippen LogP contribution < -0.4 is 15.4 Å². The molecule has 0 bridgehead atoms. The van der Waals surface area contributed by atoms with Crippen LogP contribution in [0.15, 0.2) is 53.4 Å². The van der Waals surface area contributed by atoms with Crippen LogP contribution in [0, 0.1) is 0 Å². The molecule has 0 unspecified atom stereocenters. The average molecular weight is 459 g/mol. The molecular weight excluding hydrogens is 439 g/mol. The van der Waals surface area contributed by atoms with Crippen molar-refractivity contribution in [1.82, 2.24) is 4.31 Å². The number of hydrogen-bond acceptors (Lipinski definition) is 5. The maximum absolute atomic E-state index is 12.9. The van der Waals surface area contributed by atoms with Crippen molar-refractivity contribution < 1.29 is 35.9 Å². The number of nitrogens with zero attached hydrogens (tertiary/aromatic N) is 1. The zero-order valence-corrected chi connectivity index (χ0v) is 17.4. The molecule has 8 nitrogen and oxygen atoms in total. The monoisotopic (exact) mass is 459 g/mol. The second kappa shape index (κ2) is 9.79. The molecule has 2 N–H and O–H groups in total. The van der Waals surface area contributed by atoms with Crippen LogP contribution in [0.2, 0.25) is 0 Å². The van der Waals surface area contributed by atoms with Crippen LogP contribution >= 0.6 is 0 Å². The third-order valence-electron chi connectivity index (χ3n) is 3.85. The number of halogens is 3. The van der Waals surface area contributed by atoms with Crippen LogP contribution in [-0.2, 0) is 19.6 Å². The van der Waals surface area contributed by atoms with Gasteiger partial charge in [0.1, 0.15) is 10.6 Å². The van der Waals surface area contributed by atoms with Gasteiger partial charge in [-0.1, -0.05) is 19.1 Å². The highest BCUT2D eigenvalue weighted by Crippen LogP contribution is 2.31. The molecule has 0 heterocycles. The number of sulfonamides is 1. The summed E-state index contributed by atoms with van der Waals surface area (Å²) in [6.07, 6.45) is -5.08. The Balaban J connectivity index is 2.16. The lowest BCUT2D eigenvalue weighted by Crippen LogP contribution is -2.38. The first-order chi connectivity index (χ1) is 14.4. The van der Waals surface area contributed by atoms with E-state index >= 15 is 0 Å². The predicted octanol–water partition coefficient (Wildman–Crippen LogP) is 3.19. The molecule has 0 aliphatic carbocycles. The van der Waals surface area contributed by atoms with Crippen LogP contribution in [0.1, 0.15) is 13.8 Å². The average Bonchev–Trinajstić information content (AvgIpc) is 2.66.